The Bertz CT molecular complexity index is 1360. The van der Waals surface area contributed by atoms with Crippen LogP contribution in [0.4, 0.5) is 15.9 Å². The zero-order chi connectivity index (χ0) is 24.9. The van der Waals surface area contributed by atoms with Crippen LogP contribution in [0.5, 0.6) is 0 Å². The van der Waals surface area contributed by atoms with Crippen LogP contribution in [0.1, 0.15) is 53.5 Å². The second-order valence-corrected chi connectivity index (χ2v) is 10.0. The van der Waals surface area contributed by atoms with E-state index in [0.29, 0.717) is 47.6 Å². The van der Waals surface area contributed by atoms with Gasteiger partial charge in [-0.25, -0.2) is 9.37 Å². The molecule has 2 unspecified atom stereocenters. The minimum absolute atomic E-state index is 0.0564. The van der Waals surface area contributed by atoms with E-state index in [2.05, 4.69) is 27.2 Å². The summed E-state index contributed by atoms with van der Waals surface area (Å²) in [6, 6.07) is 5.76. The molecule has 2 heterocycles. The van der Waals surface area contributed by atoms with E-state index in [4.69, 9.17) is 17.3 Å². The summed E-state index contributed by atoms with van der Waals surface area (Å²) in [5.41, 5.74) is 6.95. The number of anilines is 2. The van der Waals surface area contributed by atoms with Gasteiger partial charge < -0.3 is 20.7 Å². The molecule has 1 aromatic carbocycles. The molecule has 2 aliphatic rings. The van der Waals surface area contributed by atoms with Crippen molar-refractivity contribution < 1.29 is 14.3 Å². The van der Waals surface area contributed by atoms with Gasteiger partial charge in [0.2, 0.25) is 0 Å². The molecule has 0 radical (unpaired) electrons. The predicted molar refractivity (Wildman–Crippen MR) is 130 cm³/mol. The topological polar surface area (TPSA) is 111 Å². The third kappa shape index (κ3) is 4.51. The average molecular weight is 497 g/mol. The fourth-order valence-corrected chi connectivity index (χ4v) is 5.74. The van der Waals surface area contributed by atoms with Gasteiger partial charge in [-0.15, -0.1) is 0 Å². The van der Waals surface area contributed by atoms with Gasteiger partial charge in [-0.05, 0) is 61.6 Å². The molecular formula is C25H26ClFN6O2. The highest BCUT2D eigenvalue weighted by Gasteiger charge is 2.49. The average Bonchev–Trinajstić information content (AvgIpc) is 3.51. The number of carbonyl (C=O) groups excluding carboxylic acids is 1. The largest absolute Gasteiger partial charge is 0.382 e. The first-order chi connectivity index (χ1) is 16.6. The molecule has 182 valence electrons. The Kier molecular flexibility index (Phi) is 5.82. The zero-order valence-electron chi connectivity index (χ0n) is 19.4. The number of hydrogen-bond acceptors (Lipinski definition) is 5. The number of amides is 1. The first kappa shape index (κ1) is 23.4. The summed E-state index contributed by atoms with van der Waals surface area (Å²) in [6.07, 6.45) is 4.45. The molecule has 3 aromatic rings. The van der Waals surface area contributed by atoms with Crippen molar-refractivity contribution in [3.05, 3.63) is 58.5 Å². The monoisotopic (exact) mass is 496 g/mol. The van der Waals surface area contributed by atoms with Gasteiger partial charge in [-0.3, -0.25) is 9.48 Å². The molecule has 4 N–H and O–H groups in total. The number of nitrogens with one attached hydrogen (secondary N) is 1. The third-order valence-corrected chi connectivity index (χ3v) is 7.40. The van der Waals surface area contributed by atoms with Crippen LogP contribution in [0.15, 0.2) is 30.6 Å². The van der Waals surface area contributed by atoms with Crippen LogP contribution in [0, 0.1) is 29.5 Å². The standard InChI is InChI=1S/C25H26ClFN6O2/c1-32-13-29-22(23(32)24(34)30-17-3-4-20(27)19(26)9-17)14-7-15-11-25(35,12-16(15)8-14)6-5-18-10-21(28)31-33(18)2/h3-4,9-10,13-16,35H,7-8,11-12H2,1-2H3,(H2,28,31)(H,30,34). The summed E-state index contributed by atoms with van der Waals surface area (Å²) in [5, 5.41) is 17.9. The van der Waals surface area contributed by atoms with E-state index < -0.39 is 11.4 Å². The Morgan fingerprint density at radius 2 is 2.00 bits per heavy atom. The Hall–Kier alpha value is -3.35. The van der Waals surface area contributed by atoms with E-state index in [1.807, 2.05) is 0 Å². The van der Waals surface area contributed by atoms with Crippen LogP contribution >= 0.6 is 11.6 Å². The summed E-state index contributed by atoms with van der Waals surface area (Å²) < 4.78 is 16.8. The molecule has 2 aromatic heterocycles. The molecule has 8 nitrogen and oxygen atoms in total. The molecule has 5 rings (SSSR count). The summed E-state index contributed by atoms with van der Waals surface area (Å²) >= 11 is 5.85. The Morgan fingerprint density at radius 3 is 2.63 bits per heavy atom. The number of aryl methyl sites for hydroxylation is 2. The fraction of sp³-hybridized carbons (Fsp3) is 0.400. The number of nitrogens with zero attached hydrogens (tertiary/aromatic N) is 4. The van der Waals surface area contributed by atoms with Crippen LogP contribution in [0.3, 0.4) is 0 Å². The first-order valence-electron chi connectivity index (χ1n) is 11.4. The highest BCUT2D eigenvalue weighted by Crippen LogP contribution is 2.53. The summed E-state index contributed by atoms with van der Waals surface area (Å²) in [5.74, 6) is 6.31. The molecule has 35 heavy (non-hydrogen) atoms. The highest BCUT2D eigenvalue weighted by atomic mass is 35.5. The van der Waals surface area contributed by atoms with Crippen LogP contribution in [0.25, 0.3) is 0 Å². The van der Waals surface area contributed by atoms with Crippen LogP contribution in [-0.2, 0) is 14.1 Å². The van der Waals surface area contributed by atoms with Crippen molar-refractivity contribution in [2.75, 3.05) is 11.1 Å². The van der Waals surface area contributed by atoms with Crippen molar-refractivity contribution in [3.8, 4) is 11.8 Å². The van der Waals surface area contributed by atoms with Gasteiger partial charge in [0.05, 0.1) is 17.0 Å². The summed E-state index contributed by atoms with van der Waals surface area (Å²) in [6.45, 7) is 0. The predicted octanol–water partition coefficient (Wildman–Crippen LogP) is 3.47. The lowest BCUT2D eigenvalue weighted by atomic mass is 9.92. The van der Waals surface area contributed by atoms with Gasteiger partial charge in [0.25, 0.3) is 5.91 Å². The van der Waals surface area contributed by atoms with Gasteiger partial charge in [-0.1, -0.05) is 17.5 Å². The number of carbonyl (C=O) groups is 1. The second-order valence-electron chi connectivity index (χ2n) is 9.63. The maximum absolute atomic E-state index is 13.5. The second kappa shape index (κ2) is 8.70. The highest BCUT2D eigenvalue weighted by molar-refractivity contribution is 6.31. The van der Waals surface area contributed by atoms with Crippen molar-refractivity contribution in [2.45, 2.75) is 37.2 Å². The maximum Gasteiger partial charge on any atom is 0.274 e. The van der Waals surface area contributed by atoms with E-state index in [1.165, 1.54) is 18.2 Å². The molecule has 2 saturated carbocycles. The fourth-order valence-electron chi connectivity index (χ4n) is 5.56. The SMILES string of the molecule is Cn1cnc(C2CC3CC(O)(C#Cc4cc(N)nn4C)CC3C2)c1C(=O)Nc1ccc(F)c(Cl)c1. The lowest BCUT2D eigenvalue weighted by Crippen LogP contribution is -2.24. The lowest BCUT2D eigenvalue weighted by Gasteiger charge is -2.19. The van der Waals surface area contributed by atoms with E-state index in [-0.39, 0.29) is 16.8 Å². The van der Waals surface area contributed by atoms with Gasteiger partial charge in [-0.2, -0.15) is 5.10 Å². The number of hydrogen-bond donors (Lipinski definition) is 3. The van der Waals surface area contributed by atoms with Crippen molar-refractivity contribution >= 4 is 29.0 Å². The van der Waals surface area contributed by atoms with Crippen molar-refractivity contribution in [2.24, 2.45) is 25.9 Å². The quantitative estimate of drug-likeness (QED) is 0.481. The number of aliphatic hydroxyl groups is 1. The smallest absolute Gasteiger partial charge is 0.274 e. The molecule has 0 bridgehead atoms. The van der Waals surface area contributed by atoms with Gasteiger partial charge in [0.15, 0.2) is 0 Å². The molecule has 0 aliphatic heterocycles. The maximum atomic E-state index is 13.5. The van der Waals surface area contributed by atoms with Crippen LogP contribution in [-0.4, -0.2) is 35.9 Å². The van der Waals surface area contributed by atoms with Gasteiger partial charge >= 0.3 is 0 Å². The van der Waals surface area contributed by atoms with E-state index >= 15 is 0 Å². The first-order valence-corrected chi connectivity index (χ1v) is 11.8. The molecule has 2 aliphatic carbocycles. The summed E-state index contributed by atoms with van der Waals surface area (Å²) in [4.78, 5) is 17.6. The molecule has 2 fully saturated rings. The third-order valence-electron chi connectivity index (χ3n) is 7.11. The van der Waals surface area contributed by atoms with E-state index in [9.17, 15) is 14.3 Å². The molecule has 2 atom stereocenters. The molecule has 1 amide bonds. The number of nitrogen functional groups attached to an aromatic ring is 1. The molecule has 0 saturated heterocycles. The number of halogens is 2. The Labute approximate surface area is 207 Å². The number of rotatable bonds is 3. The number of nitrogens with two attached hydrogens (primary N) is 1. The number of fused-ring (bicyclic) bond motifs is 1. The molecule has 10 heteroatoms. The molecular weight excluding hydrogens is 471 g/mol. The van der Waals surface area contributed by atoms with Crippen molar-refractivity contribution in [1.29, 1.82) is 0 Å². The number of aromatic nitrogens is 4. The van der Waals surface area contributed by atoms with Gasteiger partial charge in [0.1, 0.15) is 28.6 Å². The van der Waals surface area contributed by atoms with Gasteiger partial charge in [0, 0.05) is 31.8 Å². The lowest BCUT2D eigenvalue weighted by molar-refractivity contribution is 0.0979. The number of imidazole rings is 1. The van der Waals surface area contributed by atoms with E-state index in [0.717, 1.165) is 18.5 Å². The minimum Gasteiger partial charge on any atom is -0.382 e. The summed E-state index contributed by atoms with van der Waals surface area (Å²) in [7, 11) is 3.54. The minimum atomic E-state index is -1.05. The normalized spacial score (nSPS) is 25.2. The van der Waals surface area contributed by atoms with Crippen molar-refractivity contribution in [1.82, 2.24) is 19.3 Å². The van der Waals surface area contributed by atoms with Crippen LogP contribution in [0.2, 0.25) is 5.02 Å². The number of benzene rings is 1. The van der Waals surface area contributed by atoms with Crippen LogP contribution < -0.4 is 11.1 Å². The van der Waals surface area contributed by atoms with Crippen molar-refractivity contribution in [3.63, 3.8) is 0 Å². The molecule has 0 spiro atoms. The zero-order valence-corrected chi connectivity index (χ0v) is 20.2. The Morgan fingerprint density at radius 1 is 1.29 bits per heavy atom. The Balaban J connectivity index is 1.29. The van der Waals surface area contributed by atoms with E-state index in [1.54, 1.807) is 35.7 Å².